The van der Waals surface area contributed by atoms with Gasteiger partial charge in [-0.25, -0.2) is 0 Å². The Kier molecular flexibility index (Phi) is 6.27. The first-order chi connectivity index (χ1) is 11.9. The molecule has 0 saturated carbocycles. The topological polar surface area (TPSA) is 41.6 Å². The number of carbonyl (C=O) groups excluding carboxylic acids is 1. The van der Waals surface area contributed by atoms with Crippen LogP contribution in [0.2, 0.25) is 0 Å². The number of hydrogen-bond donors (Lipinski definition) is 1. The maximum Gasteiger partial charge on any atom is 0.416 e. The summed E-state index contributed by atoms with van der Waals surface area (Å²) in [5.74, 6) is -0.120. The number of amides is 1. The molecule has 1 amide bonds. The van der Waals surface area contributed by atoms with Crippen LogP contribution in [0.25, 0.3) is 0 Å². The molecule has 0 spiro atoms. The lowest BCUT2D eigenvalue weighted by atomic mass is 10.2. The second-order valence-electron chi connectivity index (χ2n) is 5.42. The quantitative estimate of drug-likeness (QED) is 0.831. The van der Waals surface area contributed by atoms with Gasteiger partial charge in [0.25, 0.3) is 5.91 Å². The average Bonchev–Trinajstić information content (AvgIpc) is 2.60. The van der Waals surface area contributed by atoms with Crippen molar-refractivity contribution in [2.45, 2.75) is 6.18 Å². The summed E-state index contributed by atoms with van der Waals surface area (Å²) in [6.45, 7) is 0.803. The number of rotatable bonds is 7. The standard InChI is InChI=1S/C18H19F3N2O2/c1-23(15-5-3-2-4-6-15)12-11-22-17(24)13-25-16-9-7-14(8-10-16)18(19,20)21/h2-10H,11-13H2,1H3,(H,22,24). The number of nitrogens with zero attached hydrogens (tertiary/aromatic N) is 1. The molecule has 0 bridgehead atoms. The molecule has 0 unspecified atom stereocenters. The summed E-state index contributed by atoms with van der Waals surface area (Å²) >= 11 is 0. The molecular weight excluding hydrogens is 333 g/mol. The maximum atomic E-state index is 12.5. The Labute approximate surface area is 144 Å². The zero-order valence-electron chi connectivity index (χ0n) is 13.7. The Hall–Kier alpha value is -2.70. The van der Waals surface area contributed by atoms with Gasteiger partial charge in [-0.15, -0.1) is 0 Å². The molecule has 0 heterocycles. The number of ether oxygens (including phenoxy) is 1. The Morgan fingerprint density at radius 2 is 1.72 bits per heavy atom. The fourth-order valence-electron chi connectivity index (χ4n) is 2.11. The van der Waals surface area contributed by atoms with Crippen LogP contribution >= 0.6 is 0 Å². The first-order valence-electron chi connectivity index (χ1n) is 7.69. The minimum absolute atomic E-state index is 0.213. The van der Waals surface area contributed by atoms with Crippen molar-refractivity contribution in [2.24, 2.45) is 0 Å². The van der Waals surface area contributed by atoms with E-state index in [4.69, 9.17) is 4.74 Å². The molecule has 2 aromatic rings. The molecule has 7 heteroatoms. The molecule has 134 valence electrons. The summed E-state index contributed by atoms with van der Waals surface area (Å²) in [5.41, 5.74) is 0.283. The van der Waals surface area contributed by atoms with E-state index < -0.39 is 11.7 Å². The smallest absolute Gasteiger partial charge is 0.416 e. The van der Waals surface area contributed by atoms with Gasteiger partial charge in [0.2, 0.25) is 0 Å². The van der Waals surface area contributed by atoms with Gasteiger partial charge in [-0.3, -0.25) is 4.79 Å². The van der Waals surface area contributed by atoms with Crippen molar-refractivity contribution in [1.82, 2.24) is 5.32 Å². The van der Waals surface area contributed by atoms with Gasteiger partial charge in [0.05, 0.1) is 5.56 Å². The molecule has 0 saturated heterocycles. The molecule has 0 radical (unpaired) electrons. The van der Waals surface area contributed by atoms with Crippen LogP contribution in [0.4, 0.5) is 18.9 Å². The van der Waals surface area contributed by atoms with E-state index >= 15 is 0 Å². The predicted molar refractivity (Wildman–Crippen MR) is 89.7 cm³/mol. The third kappa shape index (κ3) is 6.02. The minimum Gasteiger partial charge on any atom is -0.484 e. The van der Waals surface area contributed by atoms with Gasteiger partial charge in [0.1, 0.15) is 5.75 Å². The van der Waals surface area contributed by atoms with Crippen LogP contribution in [0.15, 0.2) is 54.6 Å². The van der Waals surface area contributed by atoms with E-state index in [1.807, 2.05) is 42.3 Å². The number of benzene rings is 2. The predicted octanol–water partition coefficient (Wildman–Crippen LogP) is 3.34. The summed E-state index contributed by atoms with van der Waals surface area (Å²) < 4.78 is 42.5. The third-order valence-corrected chi connectivity index (χ3v) is 3.52. The van der Waals surface area contributed by atoms with Crippen LogP contribution in [-0.2, 0) is 11.0 Å². The van der Waals surface area contributed by atoms with E-state index in [-0.39, 0.29) is 18.3 Å². The van der Waals surface area contributed by atoms with E-state index in [0.717, 1.165) is 17.8 Å². The molecule has 2 rings (SSSR count). The van der Waals surface area contributed by atoms with Gasteiger partial charge in [0, 0.05) is 25.8 Å². The lowest BCUT2D eigenvalue weighted by molar-refractivity contribution is -0.137. The Morgan fingerprint density at radius 1 is 1.08 bits per heavy atom. The van der Waals surface area contributed by atoms with Crippen molar-refractivity contribution in [3.8, 4) is 5.75 Å². The van der Waals surface area contributed by atoms with Crippen LogP contribution in [0.1, 0.15) is 5.56 Å². The van der Waals surface area contributed by atoms with Crippen molar-refractivity contribution < 1.29 is 22.7 Å². The summed E-state index contributed by atoms with van der Waals surface area (Å²) in [6, 6.07) is 14.0. The number of nitrogens with one attached hydrogen (secondary N) is 1. The van der Waals surface area contributed by atoms with E-state index in [2.05, 4.69) is 5.32 Å². The van der Waals surface area contributed by atoms with E-state index in [0.29, 0.717) is 13.1 Å². The fourth-order valence-corrected chi connectivity index (χ4v) is 2.11. The minimum atomic E-state index is -4.39. The molecular formula is C18H19F3N2O2. The van der Waals surface area contributed by atoms with Crippen molar-refractivity contribution in [3.05, 3.63) is 60.2 Å². The average molecular weight is 352 g/mol. The van der Waals surface area contributed by atoms with Gasteiger partial charge in [-0.1, -0.05) is 18.2 Å². The second kappa shape index (κ2) is 8.41. The highest BCUT2D eigenvalue weighted by Gasteiger charge is 2.30. The lowest BCUT2D eigenvalue weighted by Crippen LogP contribution is -2.35. The Balaban J connectivity index is 1.70. The van der Waals surface area contributed by atoms with Gasteiger partial charge in [0.15, 0.2) is 6.61 Å². The SMILES string of the molecule is CN(CCNC(=O)COc1ccc(C(F)(F)F)cc1)c1ccccc1. The van der Waals surface area contributed by atoms with Crippen LogP contribution in [0, 0.1) is 0 Å². The molecule has 0 fully saturated rings. The van der Waals surface area contributed by atoms with Crippen LogP contribution in [0.5, 0.6) is 5.75 Å². The summed E-state index contributed by atoms with van der Waals surface area (Å²) in [6.07, 6.45) is -4.39. The second-order valence-corrected chi connectivity index (χ2v) is 5.42. The van der Waals surface area contributed by atoms with Crippen LogP contribution in [-0.4, -0.2) is 32.7 Å². The number of carbonyl (C=O) groups is 1. The molecule has 0 aromatic heterocycles. The number of para-hydroxylation sites is 1. The van der Waals surface area contributed by atoms with Gasteiger partial charge in [-0.05, 0) is 36.4 Å². The normalized spacial score (nSPS) is 11.0. The molecule has 0 atom stereocenters. The lowest BCUT2D eigenvalue weighted by Gasteiger charge is -2.19. The van der Waals surface area contributed by atoms with Gasteiger partial charge >= 0.3 is 6.18 Å². The van der Waals surface area contributed by atoms with Crippen molar-refractivity contribution in [2.75, 3.05) is 31.6 Å². The molecule has 4 nitrogen and oxygen atoms in total. The van der Waals surface area contributed by atoms with Crippen molar-refractivity contribution in [3.63, 3.8) is 0 Å². The summed E-state index contributed by atoms with van der Waals surface area (Å²) in [7, 11) is 1.92. The largest absolute Gasteiger partial charge is 0.484 e. The first-order valence-corrected chi connectivity index (χ1v) is 7.69. The van der Waals surface area contributed by atoms with Crippen molar-refractivity contribution in [1.29, 1.82) is 0 Å². The number of anilines is 1. The van der Waals surface area contributed by atoms with Gasteiger partial charge < -0.3 is 15.0 Å². The highest BCUT2D eigenvalue weighted by Crippen LogP contribution is 2.30. The number of halogens is 3. The van der Waals surface area contributed by atoms with Crippen molar-refractivity contribution >= 4 is 11.6 Å². The molecule has 0 aliphatic carbocycles. The highest BCUT2D eigenvalue weighted by molar-refractivity contribution is 5.77. The van der Waals surface area contributed by atoms with E-state index in [1.165, 1.54) is 12.1 Å². The maximum absolute atomic E-state index is 12.5. The summed E-state index contributed by atoms with van der Waals surface area (Å²) in [5, 5.41) is 2.70. The van der Waals surface area contributed by atoms with E-state index in [9.17, 15) is 18.0 Å². The zero-order valence-corrected chi connectivity index (χ0v) is 13.7. The summed E-state index contributed by atoms with van der Waals surface area (Å²) in [4.78, 5) is 13.7. The zero-order chi connectivity index (χ0) is 18.3. The van der Waals surface area contributed by atoms with Crippen LogP contribution < -0.4 is 15.0 Å². The number of hydrogen-bond acceptors (Lipinski definition) is 3. The van der Waals surface area contributed by atoms with E-state index in [1.54, 1.807) is 0 Å². The number of likely N-dealkylation sites (N-methyl/N-ethyl adjacent to an activating group) is 1. The number of alkyl halides is 3. The fraction of sp³-hybridized carbons (Fsp3) is 0.278. The highest BCUT2D eigenvalue weighted by atomic mass is 19.4. The Morgan fingerprint density at radius 3 is 2.32 bits per heavy atom. The molecule has 2 aromatic carbocycles. The molecule has 25 heavy (non-hydrogen) atoms. The van der Waals surface area contributed by atoms with Crippen LogP contribution in [0.3, 0.4) is 0 Å². The monoisotopic (exact) mass is 352 g/mol. The molecule has 1 N–H and O–H groups in total. The van der Waals surface area contributed by atoms with Gasteiger partial charge in [-0.2, -0.15) is 13.2 Å². The third-order valence-electron chi connectivity index (χ3n) is 3.52. The Bertz CT molecular complexity index is 673. The molecule has 0 aliphatic heterocycles. The molecule has 0 aliphatic rings. The first kappa shape index (κ1) is 18.6.